The van der Waals surface area contributed by atoms with Crippen LogP contribution in [0.2, 0.25) is 0 Å². The number of fused-ring (bicyclic) bond motifs is 1. The topological polar surface area (TPSA) is 169 Å². The third-order valence-electron chi connectivity index (χ3n) is 6.26. The van der Waals surface area contributed by atoms with E-state index in [1.54, 1.807) is 39.9 Å². The first-order chi connectivity index (χ1) is 20.0. The number of carbonyl (C=O) groups is 2. The molecule has 0 unspecified atom stereocenters. The van der Waals surface area contributed by atoms with Gasteiger partial charge in [-0.25, -0.2) is 19.4 Å². The molecule has 3 amide bonds. The number of carbonyl (C=O) groups excluding carboxylic acids is 2. The first kappa shape index (κ1) is 28.2. The summed E-state index contributed by atoms with van der Waals surface area (Å²) in [7, 11) is 3.67. The number of nitrogen functional groups attached to an aromatic ring is 1. The quantitative estimate of drug-likeness (QED) is 0.221. The zero-order valence-corrected chi connectivity index (χ0v) is 24.0. The summed E-state index contributed by atoms with van der Waals surface area (Å²) in [6, 6.07) is 15.7. The summed E-state index contributed by atoms with van der Waals surface area (Å²) in [5.74, 6) is 1.18. The van der Waals surface area contributed by atoms with E-state index in [1.165, 1.54) is 6.33 Å². The average molecular weight is 569 g/mol. The minimum Gasteiger partial charge on any atom is -0.383 e. The van der Waals surface area contributed by atoms with Gasteiger partial charge in [0.15, 0.2) is 11.5 Å². The molecular weight excluding hydrogens is 536 g/mol. The van der Waals surface area contributed by atoms with Crippen molar-refractivity contribution >= 4 is 46.0 Å². The lowest BCUT2D eigenvalue weighted by molar-refractivity contribution is -0.116. The Hall–Kier alpha value is -5.30. The van der Waals surface area contributed by atoms with Crippen molar-refractivity contribution in [3.63, 3.8) is 0 Å². The van der Waals surface area contributed by atoms with Gasteiger partial charge in [-0.05, 0) is 50.5 Å². The van der Waals surface area contributed by atoms with E-state index in [0.29, 0.717) is 51.2 Å². The van der Waals surface area contributed by atoms with Gasteiger partial charge in [0.05, 0.1) is 17.6 Å². The van der Waals surface area contributed by atoms with Crippen LogP contribution in [0.15, 0.2) is 65.4 Å². The molecule has 0 atom stereocenters. The van der Waals surface area contributed by atoms with Gasteiger partial charge in [-0.2, -0.15) is 5.10 Å². The molecule has 0 saturated carbocycles. The average Bonchev–Trinajstić information content (AvgIpc) is 3.55. The molecule has 0 aliphatic carbocycles. The Kier molecular flexibility index (Phi) is 7.59. The molecule has 0 bridgehead atoms. The number of nitrogens with zero attached hydrogens (tertiary/aromatic N) is 6. The fraction of sp³-hybridized carbons (Fsp3) is 0.241. The van der Waals surface area contributed by atoms with Gasteiger partial charge < -0.3 is 25.8 Å². The highest BCUT2D eigenvalue weighted by Gasteiger charge is 2.21. The summed E-state index contributed by atoms with van der Waals surface area (Å²) in [5.41, 5.74) is 9.88. The first-order valence-corrected chi connectivity index (χ1v) is 13.2. The van der Waals surface area contributed by atoms with Crippen molar-refractivity contribution in [3.8, 4) is 16.9 Å². The fourth-order valence-corrected chi connectivity index (χ4v) is 4.21. The lowest BCUT2D eigenvalue weighted by Crippen LogP contribution is -2.27. The summed E-state index contributed by atoms with van der Waals surface area (Å²) in [6.45, 7) is 6.27. The smallest absolute Gasteiger partial charge is 0.324 e. The van der Waals surface area contributed by atoms with E-state index in [4.69, 9.17) is 15.4 Å². The number of nitrogens with two attached hydrogens (primary N) is 1. The van der Waals surface area contributed by atoms with E-state index in [-0.39, 0.29) is 17.9 Å². The minimum atomic E-state index is -0.454. The van der Waals surface area contributed by atoms with Crippen molar-refractivity contribution < 1.29 is 14.1 Å². The summed E-state index contributed by atoms with van der Waals surface area (Å²) < 4.78 is 6.99. The van der Waals surface area contributed by atoms with Crippen molar-refractivity contribution in [2.45, 2.75) is 26.2 Å². The standard InChI is InChI=1S/C29H32N10O3/c1-29(2,3)21-14-22(37-42-21)35-28(41)34-19-10-12-20(13-11-19)39-27-24(26(30)31-16-32-27)25(36-39)17-6-8-18(9-7-17)33-23(40)15-38(4)5/h6-14,16H,15H2,1-5H3,(H,33,40)(H2,30,31,32)(H2,34,35,37,41). The number of benzene rings is 2. The van der Waals surface area contributed by atoms with E-state index < -0.39 is 6.03 Å². The van der Waals surface area contributed by atoms with Crippen LogP contribution in [0.4, 0.5) is 27.8 Å². The molecular formula is C29H32N10O3. The van der Waals surface area contributed by atoms with Crippen LogP contribution in [0.25, 0.3) is 28.0 Å². The summed E-state index contributed by atoms with van der Waals surface area (Å²) in [5, 5.41) is 17.7. The normalized spacial score (nSPS) is 11.6. The van der Waals surface area contributed by atoms with Crippen LogP contribution in [0.3, 0.4) is 0 Å². The van der Waals surface area contributed by atoms with E-state index in [0.717, 1.165) is 5.56 Å². The summed E-state index contributed by atoms with van der Waals surface area (Å²) in [6.07, 6.45) is 1.39. The Morgan fingerprint density at radius 1 is 0.952 bits per heavy atom. The third kappa shape index (κ3) is 6.20. The number of nitrogens with one attached hydrogen (secondary N) is 3. The van der Waals surface area contributed by atoms with Gasteiger partial charge >= 0.3 is 6.03 Å². The van der Waals surface area contributed by atoms with Crippen molar-refractivity contribution in [2.24, 2.45) is 0 Å². The highest BCUT2D eigenvalue weighted by atomic mass is 16.5. The lowest BCUT2D eigenvalue weighted by atomic mass is 9.93. The van der Waals surface area contributed by atoms with Gasteiger partial charge in [0.2, 0.25) is 5.91 Å². The van der Waals surface area contributed by atoms with Crippen LogP contribution in [-0.4, -0.2) is 62.4 Å². The third-order valence-corrected chi connectivity index (χ3v) is 6.26. The van der Waals surface area contributed by atoms with Crippen LogP contribution in [0, 0.1) is 0 Å². The van der Waals surface area contributed by atoms with Crippen LogP contribution in [0.1, 0.15) is 26.5 Å². The molecule has 216 valence electrons. The Balaban J connectivity index is 1.35. The molecule has 3 aromatic heterocycles. The number of rotatable bonds is 7. The number of anilines is 4. The SMILES string of the molecule is CN(C)CC(=O)Nc1ccc(-c2nn(-c3ccc(NC(=O)Nc4cc(C(C)(C)C)on4)cc3)c3ncnc(N)c23)cc1. The molecule has 0 aliphatic heterocycles. The van der Waals surface area contributed by atoms with Crippen LogP contribution in [0.5, 0.6) is 0 Å². The highest BCUT2D eigenvalue weighted by molar-refractivity contribution is 6.00. The number of hydrogen-bond donors (Lipinski definition) is 4. The molecule has 42 heavy (non-hydrogen) atoms. The van der Waals surface area contributed by atoms with Crippen LogP contribution < -0.4 is 21.7 Å². The molecule has 13 nitrogen and oxygen atoms in total. The molecule has 5 rings (SSSR count). The maximum Gasteiger partial charge on any atom is 0.324 e. The van der Waals surface area contributed by atoms with Gasteiger partial charge in [0.1, 0.15) is 23.6 Å². The van der Waals surface area contributed by atoms with E-state index in [9.17, 15) is 9.59 Å². The molecule has 5 aromatic rings. The predicted molar refractivity (Wildman–Crippen MR) is 162 cm³/mol. The zero-order chi connectivity index (χ0) is 30.0. The second-order valence-electron chi connectivity index (χ2n) is 11.0. The van der Waals surface area contributed by atoms with E-state index >= 15 is 0 Å². The molecule has 0 radical (unpaired) electrons. The number of urea groups is 1. The molecule has 0 aliphatic rings. The largest absolute Gasteiger partial charge is 0.383 e. The second-order valence-corrected chi connectivity index (χ2v) is 11.0. The van der Waals surface area contributed by atoms with Crippen molar-refractivity contribution in [1.29, 1.82) is 0 Å². The predicted octanol–water partition coefficient (Wildman–Crippen LogP) is 4.49. The maximum absolute atomic E-state index is 12.5. The van der Waals surface area contributed by atoms with Gasteiger partial charge in [0.25, 0.3) is 0 Å². The van der Waals surface area contributed by atoms with Crippen LogP contribution in [-0.2, 0) is 10.2 Å². The minimum absolute atomic E-state index is 0.108. The van der Waals surface area contributed by atoms with Crippen molar-refractivity contribution in [1.82, 2.24) is 29.8 Å². The molecule has 13 heteroatoms. The van der Waals surface area contributed by atoms with Crippen LogP contribution >= 0.6 is 0 Å². The Bertz CT molecular complexity index is 1730. The Labute approximate surface area is 242 Å². The zero-order valence-electron chi connectivity index (χ0n) is 24.0. The summed E-state index contributed by atoms with van der Waals surface area (Å²) >= 11 is 0. The highest BCUT2D eigenvalue weighted by Crippen LogP contribution is 2.32. The number of hydrogen-bond acceptors (Lipinski definition) is 9. The Morgan fingerprint density at radius 2 is 1.62 bits per heavy atom. The van der Waals surface area contributed by atoms with Gasteiger partial charge in [-0.3, -0.25) is 10.1 Å². The monoisotopic (exact) mass is 568 g/mol. The Morgan fingerprint density at radius 3 is 2.26 bits per heavy atom. The lowest BCUT2D eigenvalue weighted by Gasteiger charge is -2.12. The molecule has 3 heterocycles. The van der Waals surface area contributed by atoms with Crippen molar-refractivity contribution in [3.05, 3.63) is 66.7 Å². The van der Waals surface area contributed by atoms with E-state index in [2.05, 4.69) is 31.1 Å². The second kappa shape index (κ2) is 11.3. The van der Waals surface area contributed by atoms with E-state index in [1.807, 2.05) is 59.1 Å². The van der Waals surface area contributed by atoms with Gasteiger partial charge in [-0.1, -0.05) is 38.1 Å². The molecule has 5 N–H and O–H groups in total. The molecule has 0 fully saturated rings. The van der Waals surface area contributed by atoms with Gasteiger partial charge in [0, 0.05) is 28.4 Å². The fourth-order valence-electron chi connectivity index (χ4n) is 4.21. The molecule has 0 saturated heterocycles. The number of amides is 3. The summed E-state index contributed by atoms with van der Waals surface area (Å²) in [4.78, 5) is 35.0. The molecule has 0 spiro atoms. The maximum atomic E-state index is 12.5. The first-order valence-electron chi connectivity index (χ1n) is 13.2. The number of likely N-dealkylation sites (N-methyl/N-ethyl adjacent to an activating group) is 1. The van der Waals surface area contributed by atoms with Gasteiger partial charge in [-0.15, -0.1) is 0 Å². The molecule has 2 aromatic carbocycles. The van der Waals surface area contributed by atoms with Crippen molar-refractivity contribution in [2.75, 3.05) is 42.3 Å². The number of aromatic nitrogens is 5.